The van der Waals surface area contributed by atoms with E-state index in [0.29, 0.717) is 6.07 Å². The summed E-state index contributed by atoms with van der Waals surface area (Å²) in [5.74, 6) is -2.23. The average molecular weight is 365 g/mol. The molecule has 1 heterocycles. The second-order valence-electron chi connectivity index (χ2n) is 5.77. The summed E-state index contributed by atoms with van der Waals surface area (Å²) in [5, 5.41) is 13.5. The molecule has 1 aromatic carbocycles. The van der Waals surface area contributed by atoms with Gasteiger partial charge in [-0.2, -0.15) is 30.9 Å². The molecule has 1 saturated carbocycles. The molecule has 0 spiro atoms. The summed E-state index contributed by atoms with van der Waals surface area (Å²) in [6, 6.07) is 2.04. The first-order chi connectivity index (χ1) is 11.1. The lowest BCUT2D eigenvalue weighted by Crippen LogP contribution is -2.50. The summed E-state index contributed by atoms with van der Waals surface area (Å²) in [4.78, 5) is 3.61. The molecule has 0 amide bonds. The van der Waals surface area contributed by atoms with Crippen molar-refractivity contribution in [2.45, 2.75) is 30.0 Å². The molecule has 3 unspecified atom stereocenters. The van der Waals surface area contributed by atoms with E-state index >= 15 is 0 Å². The van der Waals surface area contributed by atoms with Crippen molar-refractivity contribution in [2.75, 3.05) is 0 Å². The Hall–Kier alpha value is -1.68. The predicted octanol–water partition coefficient (Wildman–Crippen LogP) is 2.69. The first-order valence-corrected chi connectivity index (χ1v) is 7.38. The molecule has 0 radical (unpaired) electrons. The standard InChI is InChI=1S/C14H12F5N3OS/c15-8-1-2-9(10(16)3-8)13(23,5-22-7-20-6-21-22)12(4-11(12)24)14(17,18)19/h1-3,6-7,11,23-24H,4-5H2. The highest BCUT2D eigenvalue weighted by molar-refractivity contribution is 7.81. The van der Waals surface area contributed by atoms with E-state index in [9.17, 15) is 27.1 Å². The van der Waals surface area contributed by atoms with Crippen LogP contribution in [0.4, 0.5) is 22.0 Å². The number of halogens is 5. The van der Waals surface area contributed by atoms with Crippen LogP contribution in [0.15, 0.2) is 30.9 Å². The molecule has 24 heavy (non-hydrogen) atoms. The van der Waals surface area contributed by atoms with E-state index in [-0.39, 0.29) is 0 Å². The van der Waals surface area contributed by atoms with E-state index in [1.807, 2.05) is 0 Å². The quantitative estimate of drug-likeness (QED) is 0.647. The second kappa shape index (κ2) is 5.41. The van der Waals surface area contributed by atoms with E-state index in [2.05, 4.69) is 22.7 Å². The summed E-state index contributed by atoms with van der Waals surface area (Å²) in [7, 11) is 0. The Bertz CT molecular complexity index is 753. The maximum absolute atomic E-state index is 14.2. The van der Waals surface area contributed by atoms with E-state index in [1.165, 1.54) is 0 Å². The lowest BCUT2D eigenvalue weighted by molar-refractivity contribution is -0.250. The van der Waals surface area contributed by atoms with Gasteiger partial charge in [-0.15, -0.1) is 0 Å². The fourth-order valence-corrected chi connectivity index (χ4v) is 3.72. The fraction of sp³-hybridized carbons (Fsp3) is 0.429. The van der Waals surface area contributed by atoms with Crippen molar-refractivity contribution in [3.8, 4) is 0 Å². The monoisotopic (exact) mass is 365 g/mol. The van der Waals surface area contributed by atoms with Crippen molar-refractivity contribution in [3.05, 3.63) is 48.1 Å². The molecule has 1 N–H and O–H groups in total. The van der Waals surface area contributed by atoms with Gasteiger partial charge in [0, 0.05) is 16.9 Å². The molecule has 0 aliphatic heterocycles. The number of thiol groups is 1. The van der Waals surface area contributed by atoms with Crippen LogP contribution < -0.4 is 0 Å². The van der Waals surface area contributed by atoms with Crippen molar-refractivity contribution in [3.63, 3.8) is 0 Å². The highest BCUT2D eigenvalue weighted by Crippen LogP contribution is 2.69. The molecular formula is C14H12F5N3OS. The van der Waals surface area contributed by atoms with Crippen LogP contribution in [0.25, 0.3) is 0 Å². The van der Waals surface area contributed by atoms with Gasteiger partial charge in [-0.25, -0.2) is 18.4 Å². The lowest BCUT2D eigenvalue weighted by atomic mass is 9.77. The molecule has 3 rings (SSSR count). The maximum atomic E-state index is 14.2. The largest absolute Gasteiger partial charge is 0.398 e. The smallest absolute Gasteiger partial charge is 0.382 e. The Morgan fingerprint density at radius 2 is 2.00 bits per heavy atom. The molecule has 0 saturated heterocycles. The van der Waals surface area contributed by atoms with Gasteiger partial charge in [0.15, 0.2) is 0 Å². The normalized spacial score (nSPS) is 26.2. The zero-order chi connectivity index (χ0) is 17.8. The fourth-order valence-electron chi connectivity index (χ4n) is 3.07. The summed E-state index contributed by atoms with van der Waals surface area (Å²) < 4.78 is 69.5. The van der Waals surface area contributed by atoms with Crippen molar-refractivity contribution in [1.82, 2.24) is 14.8 Å². The topological polar surface area (TPSA) is 50.9 Å². The van der Waals surface area contributed by atoms with Gasteiger partial charge in [0.2, 0.25) is 0 Å². The van der Waals surface area contributed by atoms with Gasteiger partial charge in [-0.05, 0) is 12.5 Å². The minimum atomic E-state index is -4.85. The van der Waals surface area contributed by atoms with Crippen molar-refractivity contribution in [2.24, 2.45) is 5.41 Å². The molecule has 1 aliphatic carbocycles. The first-order valence-electron chi connectivity index (χ1n) is 6.87. The van der Waals surface area contributed by atoms with Gasteiger partial charge >= 0.3 is 6.18 Å². The second-order valence-corrected chi connectivity index (χ2v) is 6.39. The number of alkyl halides is 3. The maximum Gasteiger partial charge on any atom is 0.398 e. The molecule has 3 atom stereocenters. The Labute approximate surface area is 138 Å². The molecule has 4 nitrogen and oxygen atoms in total. The highest BCUT2D eigenvalue weighted by Gasteiger charge is 2.79. The van der Waals surface area contributed by atoms with Crippen molar-refractivity contribution in [1.29, 1.82) is 0 Å². The average Bonchev–Trinajstić information content (AvgIpc) is 2.92. The molecule has 2 aromatic rings. The van der Waals surface area contributed by atoms with Gasteiger partial charge in [0.05, 0.1) is 6.54 Å². The number of aromatic nitrogens is 3. The third kappa shape index (κ3) is 2.39. The molecule has 10 heteroatoms. The summed E-state index contributed by atoms with van der Waals surface area (Å²) in [6.07, 6.45) is -3.17. The molecule has 130 valence electrons. The molecular weight excluding hydrogens is 353 g/mol. The Balaban J connectivity index is 2.18. The first kappa shape index (κ1) is 17.2. The molecule has 0 bridgehead atoms. The van der Waals surface area contributed by atoms with Crippen LogP contribution in [0.2, 0.25) is 0 Å². The van der Waals surface area contributed by atoms with Crippen LogP contribution in [-0.4, -0.2) is 31.3 Å². The Morgan fingerprint density at radius 1 is 1.33 bits per heavy atom. The number of nitrogens with zero attached hydrogens (tertiary/aromatic N) is 3. The van der Waals surface area contributed by atoms with Gasteiger partial charge in [-0.1, -0.05) is 6.07 Å². The van der Waals surface area contributed by atoms with Gasteiger partial charge < -0.3 is 5.11 Å². The zero-order valence-electron chi connectivity index (χ0n) is 12.0. The van der Waals surface area contributed by atoms with Crippen molar-refractivity contribution < 1.29 is 27.1 Å². The minimum Gasteiger partial charge on any atom is -0.382 e. The Kier molecular flexibility index (Phi) is 3.87. The molecule has 1 aliphatic rings. The van der Waals surface area contributed by atoms with Crippen LogP contribution in [0.3, 0.4) is 0 Å². The van der Waals surface area contributed by atoms with Crippen LogP contribution in [0.1, 0.15) is 12.0 Å². The third-order valence-corrected chi connectivity index (χ3v) is 5.03. The van der Waals surface area contributed by atoms with Gasteiger partial charge in [-0.3, -0.25) is 0 Å². The van der Waals surface area contributed by atoms with E-state index in [1.54, 1.807) is 0 Å². The Morgan fingerprint density at radius 3 is 2.46 bits per heavy atom. The summed E-state index contributed by atoms with van der Waals surface area (Å²) in [5.41, 5.74) is -6.05. The van der Waals surface area contributed by atoms with Gasteiger partial charge in [0.25, 0.3) is 0 Å². The van der Waals surface area contributed by atoms with Gasteiger partial charge in [0.1, 0.15) is 35.3 Å². The third-order valence-electron chi connectivity index (χ3n) is 4.40. The van der Waals surface area contributed by atoms with Crippen LogP contribution >= 0.6 is 12.6 Å². The summed E-state index contributed by atoms with van der Waals surface area (Å²) >= 11 is 3.88. The van der Waals surface area contributed by atoms with E-state index in [4.69, 9.17) is 0 Å². The highest BCUT2D eigenvalue weighted by atomic mass is 32.1. The zero-order valence-corrected chi connectivity index (χ0v) is 12.9. The number of benzene rings is 1. The van der Waals surface area contributed by atoms with Crippen LogP contribution in [0.5, 0.6) is 0 Å². The van der Waals surface area contributed by atoms with Crippen molar-refractivity contribution >= 4 is 12.6 Å². The van der Waals surface area contributed by atoms with Crippen LogP contribution in [-0.2, 0) is 12.1 Å². The molecule has 1 fully saturated rings. The SMILES string of the molecule is OC(Cn1cncn1)(c1ccc(F)cc1F)C1(C(F)(F)F)CC1S. The summed E-state index contributed by atoms with van der Waals surface area (Å²) in [6.45, 7) is -0.702. The number of hydrogen-bond acceptors (Lipinski definition) is 4. The minimum absolute atomic E-state index is 0.432. The number of rotatable bonds is 4. The molecule has 1 aromatic heterocycles. The number of hydrogen-bond donors (Lipinski definition) is 2. The predicted molar refractivity (Wildman–Crippen MR) is 76.2 cm³/mol. The van der Waals surface area contributed by atoms with E-state index in [0.717, 1.165) is 29.5 Å². The lowest BCUT2D eigenvalue weighted by Gasteiger charge is -2.38. The number of aliphatic hydroxyl groups is 1. The van der Waals surface area contributed by atoms with Crippen LogP contribution in [0, 0.1) is 17.0 Å². The van der Waals surface area contributed by atoms with E-state index < -0.39 is 52.6 Å².